The van der Waals surface area contributed by atoms with Gasteiger partial charge in [0.15, 0.2) is 0 Å². The van der Waals surface area contributed by atoms with E-state index in [4.69, 9.17) is 0 Å². The third-order valence-electron chi connectivity index (χ3n) is 6.04. The summed E-state index contributed by atoms with van der Waals surface area (Å²) < 4.78 is 52.6. The summed E-state index contributed by atoms with van der Waals surface area (Å²) in [6.45, 7) is 1.66. The maximum atomic E-state index is 14.0. The van der Waals surface area contributed by atoms with Crippen LogP contribution in [0.4, 0.5) is 23.2 Å². The van der Waals surface area contributed by atoms with Gasteiger partial charge in [-0.15, -0.1) is 0 Å². The summed E-state index contributed by atoms with van der Waals surface area (Å²) in [5.74, 6) is -0.584. The smallest absolute Gasteiger partial charge is 0.378 e. The topological polar surface area (TPSA) is 57.3 Å². The number of alkyl halides is 3. The van der Waals surface area contributed by atoms with Gasteiger partial charge in [-0.3, -0.25) is 15.1 Å². The van der Waals surface area contributed by atoms with Crippen LogP contribution in [0.3, 0.4) is 0 Å². The van der Waals surface area contributed by atoms with E-state index in [1.165, 1.54) is 18.3 Å². The van der Waals surface area contributed by atoms with Crippen molar-refractivity contribution in [3.8, 4) is 0 Å². The van der Waals surface area contributed by atoms with E-state index in [9.17, 15) is 22.4 Å². The van der Waals surface area contributed by atoms with E-state index >= 15 is 0 Å². The molecule has 5 nitrogen and oxygen atoms in total. The molecular weight excluding hydrogens is 472 g/mol. The Hall–Kier alpha value is -3.46. The van der Waals surface area contributed by atoms with Crippen molar-refractivity contribution in [3.63, 3.8) is 0 Å². The maximum Gasteiger partial charge on any atom is 0.433 e. The van der Waals surface area contributed by atoms with Crippen molar-refractivity contribution in [2.45, 2.75) is 38.0 Å². The van der Waals surface area contributed by atoms with Crippen LogP contribution in [0.2, 0.25) is 0 Å². The van der Waals surface area contributed by atoms with Crippen LogP contribution in [-0.2, 0) is 17.4 Å². The van der Waals surface area contributed by atoms with Crippen molar-refractivity contribution in [2.75, 3.05) is 26.0 Å². The highest BCUT2D eigenvalue weighted by molar-refractivity contribution is 5.83. The van der Waals surface area contributed by atoms with Crippen molar-refractivity contribution >= 4 is 11.6 Å². The van der Waals surface area contributed by atoms with E-state index in [1.54, 1.807) is 26.1 Å². The van der Waals surface area contributed by atoms with Gasteiger partial charge in [-0.2, -0.15) is 13.2 Å². The van der Waals surface area contributed by atoms with Gasteiger partial charge < -0.3 is 10.2 Å². The van der Waals surface area contributed by atoms with Crippen LogP contribution in [0.25, 0.3) is 0 Å². The molecule has 1 aromatic heterocycles. The number of hydrogen-bond donors (Lipinski definition) is 2. The molecule has 3 aromatic rings. The van der Waals surface area contributed by atoms with Gasteiger partial charge >= 0.3 is 6.18 Å². The number of benzene rings is 2. The highest BCUT2D eigenvalue weighted by atomic mass is 19.4. The molecule has 0 unspecified atom stereocenters. The molecule has 2 atom stereocenters. The zero-order valence-corrected chi connectivity index (χ0v) is 20.7. The van der Waals surface area contributed by atoms with Gasteiger partial charge in [0, 0.05) is 39.1 Å². The molecule has 0 radical (unpaired) electrons. The number of carbonyl (C=O) groups excluding carboxylic acids is 1. The summed E-state index contributed by atoms with van der Waals surface area (Å²) in [5, 5.41) is 6.07. The molecular formula is C27H30F4N4O. The van der Waals surface area contributed by atoms with Crippen LogP contribution >= 0.6 is 0 Å². The van der Waals surface area contributed by atoms with Crippen LogP contribution in [0.15, 0.2) is 60.8 Å². The predicted octanol–water partition coefficient (Wildman–Crippen LogP) is 5.36. The minimum Gasteiger partial charge on any atom is -0.378 e. The van der Waals surface area contributed by atoms with Crippen molar-refractivity contribution in [2.24, 2.45) is 0 Å². The number of carbonyl (C=O) groups is 1. The average molecular weight is 503 g/mol. The Labute approximate surface area is 208 Å². The second-order valence-electron chi connectivity index (χ2n) is 8.85. The van der Waals surface area contributed by atoms with E-state index in [-0.39, 0.29) is 17.8 Å². The molecule has 1 heterocycles. The highest BCUT2D eigenvalue weighted by Gasteiger charge is 2.32. The standard InChI is InChI=1S/C27H30F4N4O/c1-17-15-20(9-12-22(17)28)23(13-5-18-6-14-24(33-16-18)27(29,30)31)34-25(26(36)32-2)19-7-10-21(11-8-19)35(3)4/h6-12,14-16,23,25,34H,5,13H2,1-4H3,(H,32,36)/t23-,25+/m0/s1. The van der Waals surface area contributed by atoms with E-state index in [0.29, 0.717) is 24.0 Å². The quantitative estimate of drug-likeness (QED) is 0.387. The minimum atomic E-state index is -4.50. The van der Waals surface area contributed by atoms with Crippen LogP contribution in [0, 0.1) is 12.7 Å². The number of aryl methyl sites for hydroxylation is 2. The van der Waals surface area contributed by atoms with Crippen LogP contribution in [0.1, 0.15) is 46.5 Å². The third-order valence-corrected chi connectivity index (χ3v) is 6.04. The van der Waals surface area contributed by atoms with Gasteiger partial charge in [0.25, 0.3) is 0 Å². The number of hydrogen-bond acceptors (Lipinski definition) is 4. The molecule has 0 bridgehead atoms. The zero-order valence-electron chi connectivity index (χ0n) is 20.7. The van der Waals surface area contributed by atoms with E-state index < -0.39 is 17.9 Å². The average Bonchev–Trinajstić information content (AvgIpc) is 2.85. The largest absolute Gasteiger partial charge is 0.433 e. The van der Waals surface area contributed by atoms with E-state index in [0.717, 1.165) is 22.9 Å². The molecule has 2 aromatic carbocycles. The lowest BCUT2D eigenvalue weighted by Crippen LogP contribution is -2.38. The zero-order chi connectivity index (χ0) is 26.5. The number of pyridine rings is 1. The molecule has 1 amide bonds. The van der Waals surface area contributed by atoms with E-state index in [1.807, 2.05) is 43.3 Å². The third kappa shape index (κ3) is 6.81. The van der Waals surface area contributed by atoms with Crippen molar-refractivity contribution in [3.05, 3.63) is 94.6 Å². The molecule has 0 aliphatic heterocycles. The van der Waals surface area contributed by atoms with Gasteiger partial charge in [-0.05, 0) is 66.3 Å². The maximum absolute atomic E-state index is 14.0. The Morgan fingerprint density at radius 3 is 2.22 bits per heavy atom. The number of likely N-dealkylation sites (N-methyl/N-ethyl adjacent to an activating group) is 1. The molecule has 0 fully saturated rings. The number of rotatable bonds is 9. The first-order valence-electron chi connectivity index (χ1n) is 11.5. The number of nitrogens with zero attached hydrogens (tertiary/aromatic N) is 2. The van der Waals surface area contributed by atoms with Gasteiger partial charge in [0.1, 0.15) is 17.6 Å². The number of nitrogens with one attached hydrogen (secondary N) is 2. The fraction of sp³-hybridized carbons (Fsp3) is 0.333. The second-order valence-corrected chi connectivity index (χ2v) is 8.85. The number of anilines is 1. The Morgan fingerprint density at radius 2 is 1.69 bits per heavy atom. The molecule has 0 aliphatic carbocycles. The first kappa shape index (κ1) is 27.1. The predicted molar refractivity (Wildman–Crippen MR) is 132 cm³/mol. The summed E-state index contributed by atoms with van der Waals surface area (Å²) in [4.78, 5) is 18.4. The van der Waals surface area contributed by atoms with Gasteiger partial charge in [-0.25, -0.2) is 4.39 Å². The fourth-order valence-corrected chi connectivity index (χ4v) is 3.92. The van der Waals surface area contributed by atoms with Gasteiger partial charge in [0.2, 0.25) is 5.91 Å². The van der Waals surface area contributed by atoms with Crippen LogP contribution in [0.5, 0.6) is 0 Å². The molecule has 0 saturated heterocycles. The Bertz CT molecular complexity index is 1160. The monoisotopic (exact) mass is 502 g/mol. The highest BCUT2D eigenvalue weighted by Crippen LogP contribution is 2.29. The minimum absolute atomic E-state index is 0.243. The first-order valence-corrected chi connectivity index (χ1v) is 11.5. The lowest BCUT2D eigenvalue weighted by Gasteiger charge is -2.26. The molecule has 192 valence electrons. The van der Waals surface area contributed by atoms with Gasteiger partial charge in [0.05, 0.1) is 0 Å². The molecule has 0 saturated carbocycles. The molecule has 2 N–H and O–H groups in total. The van der Waals surface area contributed by atoms with Crippen molar-refractivity contribution in [1.29, 1.82) is 0 Å². The lowest BCUT2D eigenvalue weighted by molar-refractivity contribution is -0.141. The first-order chi connectivity index (χ1) is 17.0. The van der Waals surface area contributed by atoms with E-state index in [2.05, 4.69) is 15.6 Å². The summed E-state index contributed by atoms with van der Waals surface area (Å²) in [5.41, 5.74) is 2.64. The van der Waals surface area contributed by atoms with Crippen molar-refractivity contribution in [1.82, 2.24) is 15.6 Å². The summed E-state index contributed by atoms with van der Waals surface area (Å²) >= 11 is 0. The Kier molecular flexibility index (Phi) is 8.68. The number of amides is 1. The summed E-state index contributed by atoms with van der Waals surface area (Å²) in [7, 11) is 5.40. The number of aromatic nitrogens is 1. The lowest BCUT2D eigenvalue weighted by atomic mass is 9.95. The van der Waals surface area contributed by atoms with Crippen LogP contribution in [-0.4, -0.2) is 32.0 Å². The molecule has 0 spiro atoms. The summed E-state index contributed by atoms with van der Waals surface area (Å²) in [6, 6.07) is 13.6. The Balaban J connectivity index is 1.89. The summed E-state index contributed by atoms with van der Waals surface area (Å²) in [6.07, 6.45) is -2.44. The van der Waals surface area contributed by atoms with Crippen LogP contribution < -0.4 is 15.5 Å². The normalized spacial score (nSPS) is 13.2. The SMILES string of the molecule is CNC(=O)[C@H](N[C@@H](CCc1ccc(C(F)(F)F)nc1)c1ccc(F)c(C)c1)c1ccc(N(C)C)cc1. The molecule has 36 heavy (non-hydrogen) atoms. The molecule has 9 heteroatoms. The Morgan fingerprint density at radius 1 is 1.03 bits per heavy atom. The van der Waals surface area contributed by atoms with Crippen molar-refractivity contribution < 1.29 is 22.4 Å². The second kappa shape index (κ2) is 11.5. The number of halogens is 4. The fourth-order valence-electron chi connectivity index (χ4n) is 3.92. The molecule has 3 rings (SSSR count). The van der Waals surface area contributed by atoms with Gasteiger partial charge in [-0.1, -0.05) is 30.3 Å². The molecule has 0 aliphatic rings.